The van der Waals surface area contributed by atoms with Crippen LogP contribution in [0.15, 0.2) is 47.4 Å². The van der Waals surface area contributed by atoms with E-state index in [1.54, 1.807) is 13.8 Å². The minimum atomic E-state index is -3.90. The summed E-state index contributed by atoms with van der Waals surface area (Å²) in [4.78, 5) is 11.6. The number of sulfonamides is 1. The molecule has 0 saturated carbocycles. The summed E-state index contributed by atoms with van der Waals surface area (Å²) < 4.78 is 45.7. The van der Waals surface area contributed by atoms with Gasteiger partial charge in [0, 0.05) is 12.1 Å². The number of halogens is 1. The number of anilines is 2. The minimum absolute atomic E-state index is 0.0494. The lowest BCUT2D eigenvalue weighted by Gasteiger charge is -2.14. The zero-order chi connectivity index (χ0) is 18.4. The smallest absolute Gasteiger partial charge is 0.261 e. The average molecular weight is 366 g/mol. The van der Waals surface area contributed by atoms with Crippen LogP contribution in [0.4, 0.5) is 15.8 Å². The third-order valence-corrected chi connectivity index (χ3v) is 4.63. The van der Waals surface area contributed by atoms with Crippen molar-refractivity contribution in [1.82, 2.24) is 0 Å². The molecule has 0 atom stereocenters. The van der Waals surface area contributed by atoms with Gasteiger partial charge in [0.1, 0.15) is 11.6 Å². The predicted octanol–water partition coefficient (Wildman–Crippen LogP) is 3.37. The first-order chi connectivity index (χ1) is 11.9. The van der Waals surface area contributed by atoms with Gasteiger partial charge in [-0.25, -0.2) is 12.8 Å². The van der Waals surface area contributed by atoms with Crippen molar-refractivity contribution < 1.29 is 22.3 Å². The van der Waals surface area contributed by atoms with Gasteiger partial charge in [0.25, 0.3) is 10.0 Å². The maximum absolute atomic E-state index is 12.9. The molecule has 0 aromatic heterocycles. The van der Waals surface area contributed by atoms with E-state index in [1.807, 2.05) is 0 Å². The van der Waals surface area contributed by atoms with E-state index in [1.165, 1.54) is 30.3 Å². The normalized spacial score (nSPS) is 11.0. The third-order valence-electron chi connectivity index (χ3n) is 3.25. The van der Waals surface area contributed by atoms with Gasteiger partial charge in [-0.2, -0.15) is 0 Å². The molecule has 0 fully saturated rings. The molecular weight excluding hydrogens is 347 g/mol. The third kappa shape index (κ3) is 4.93. The van der Waals surface area contributed by atoms with Crippen LogP contribution in [0.1, 0.15) is 20.3 Å². The van der Waals surface area contributed by atoms with E-state index in [9.17, 15) is 17.6 Å². The van der Waals surface area contributed by atoms with Crippen LogP contribution < -0.4 is 14.8 Å². The molecule has 2 rings (SSSR count). The number of ether oxygens (including phenoxy) is 1. The standard InChI is InChI=1S/C17H19FN2O4S/c1-3-17(21)19-15-11-14(9-10-16(15)24-4-2)25(22,23)20-13-7-5-12(18)6-8-13/h5-11,20H,3-4H2,1-2H3,(H,19,21). The molecule has 0 saturated heterocycles. The highest BCUT2D eigenvalue weighted by molar-refractivity contribution is 7.92. The highest BCUT2D eigenvalue weighted by Gasteiger charge is 2.18. The number of carbonyl (C=O) groups excluding carboxylic acids is 1. The zero-order valence-electron chi connectivity index (χ0n) is 13.9. The summed E-state index contributed by atoms with van der Waals surface area (Å²) in [5.41, 5.74) is 0.505. The lowest BCUT2D eigenvalue weighted by molar-refractivity contribution is -0.115. The second-order valence-electron chi connectivity index (χ2n) is 5.11. The van der Waals surface area contributed by atoms with Crippen LogP contribution in [0.25, 0.3) is 0 Å². The molecule has 0 radical (unpaired) electrons. The van der Waals surface area contributed by atoms with Crippen LogP contribution in [0.3, 0.4) is 0 Å². The zero-order valence-corrected chi connectivity index (χ0v) is 14.7. The van der Waals surface area contributed by atoms with Gasteiger partial charge in [-0.15, -0.1) is 0 Å². The second-order valence-corrected chi connectivity index (χ2v) is 6.79. The van der Waals surface area contributed by atoms with E-state index in [4.69, 9.17) is 4.74 Å². The number of benzene rings is 2. The Kier molecular flexibility index (Phi) is 5.97. The van der Waals surface area contributed by atoms with E-state index in [0.29, 0.717) is 12.4 Å². The highest BCUT2D eigenvalue weighted by Crippen LogP contribution is 2.29. The largest absolute Gasteiger partial charge is 0.492 e. The number of hydrogen-bond donors (Lipinski definition) is 2. The Bertz CT molecular complexity index is 851. The number of amides is 1. The first kappa shape index (κ1) is 18.7. The summed E-state index contributed by atoms with van der Waals surface area (Å²) in [7, 11) is -3.90. The molecule has 0 aliphatic rings. The van der Waals surface area contributed by atoms with Gasteiger partial charge in [-0.1, -0.05) is 6.92 Å². The fourth-order valence-electron chi connectivity index (χ4n) is 2.03. The topological polar surface area (TPSA) is 84.5 Å². The predicted molar refractivity (Wildman–Crippen MR) is 93.7 cm³/mol. The van der Waals surface area contributed by atoms with Gasteiger partial charge in [-0.05, 0) is 49.4 Å². The quantitative estimate of drug-likeness (QED) is 0.787. The van der Waals surface area contributed by atoms with Crippen molar-refractivity contribution in [2.75, 3.05) is 16.6 Å². The van der Waals surface area contributed by atoms with Crippen molar-refractivity contribution in [2.24, 2.45) is 0 Å². The maximum atomic E-state index is 12.9. The molecule has 0 bridgehead atoms. The van der Waals surface area contributed by atoms with Crippen LogP contribution in [0, 0.1) is 5.82 Å². The van der Waals surface area contributed by atoms with E-state index in [2.05, 4.69) is 10.0 Å². The summed E-state index contributed by atoms with van der Waals surface area (Å²) in [5.74, 6) is -0.347. The van der Waals surface area contributed by atoms with Gasteiger partial charge < -0.3 is 10.1 Å². The molecule has 0 aliphatic carbocycles. The summed E-state index contributed by atoms with van der Waals surface area (Å²) in [6.07, 6.45) is 0.246. The summed E-state index contributed by atoms with van der Waals surface area (Å²) >= 11 is 0. The van der Waals surface area contributed by atoms with Crippen molar-refractivity contribution in [3.8, 4) is 5.75 Å². The van der Waals surface area contributed by atoms with Crippen LogP contribution >= 0.6 is 0 Å². The Morgan fingerprint density at radius 2 is 1.80 bits per heavy atom. The lowest BCUT2D eigenvalue weighted by atomic mass is 10.3. The molecule has 0 aliphatic heterocycles. The molecule has 0 spiro atoms. The lowest BCUT2D eigenvalue weighted by Crippen LogP contribution is -2.15. The van der Waals surface area contributed by atoms with Gasteiger partial charge in [0.15, 0.2) is 0 Å². The summed E-state index contributed by atoms with van der Waals surface area (Å²) in [5, 5.41) is 2.62. The Morgan fingerprint density at radius 3 is 2.40 bits per heavy atom. The molecule has 0 heterocycles. The molecule has 1 amide bonds. The van der Waals surface area contributed by atoms with E-state index in [0.717, 1.165) is 12.1 Å². The van der Waals surface area contributed by atoms with Crippen LogP contribution in [0.2, 0.25) is 0 Å². The maximum Gasteiger partial charge on any atom is 0.261 e. The van der Waals surface area contributed by atoms with Crippen molar-refractivity contribution >= 4 is 27.3 Å². The molecule has 2 aromatic carbocycles. The fourth-order valence-corrected chi connectivity index (χ4v) is 3.11. The molecule has 0 unspecified atom stereocenters. The average Bonchev–Trinajstić information content (AvgIpc) is 2.58. The monoisotopic (exact) mass is 366 g/mol. The van der Waals surface area contributed by atoms with Gasteiger partial charge >= 0.3 is 0 Å². The first-order valence-corrected chi connectivity index (χ1v) is 9.19. The van der Waals surface area contributed by atoms with Gasteiger partial charge in [0.2, 0.25) is 5.91 Å². The Morgan fingerprint density at radius 1 is 1.12 bits per heavy atom. The number of nitrogens with one attached hydrogen (secondary N) is 2. The molecule has 134 valence electrons. The van der Waals surface area contributed by atoms with Crippen molar-refractivity contribution in [3.63, 3.8) is 0 Å². The minimum Gasteiger partial charge on any atom is -0.492 e. The van der Waals surface area contributed by atoms with Crippen LogP contribution in [-0.2, 0) is 14.8 Å². The molecule has 2 N–H and O–H groups in total. The van der Waals surface area contributed by atoms with E-state index < -0.39 is 15.8 Å². The van der Waals surface area contributed by atoms with Crippen LogP contribution in [0.5, 0.6) is 5.75 Å². The van der Waals surface area contributed by atoms with Crippen molar-refractivity contribution in [2.45, 2.75) is 25.2 Å². The second kappa shape index (κ2) is 7.98. The Hall–Kier alpha value is -2.61. The van der Waals surface area contributed by atoms with E-state index in [-0.39, 0.29) is 28.6 Å². The Labute approximate surface area is 146 Å². The molecule has 2 aromatic rings. The van der Waals surface area contributed by atoms with Crippen molar-refractivity contribution in [1.29, 1.82) is 0 Å². The highest BCUT2D eigenvalue weighted by atomic mass is 32.2. The fraction of sp³-hybridized carbons (Fsp3) is 0.235. The summed E-state index contributed by atoms with van der Waals surface area (Å²) in [6.45, 7) is 3.84. The Balaban J connectivity index is 2.34. The first-order valence-electron chi connectivity index (χ1n) is 7.70. The molecule has 25 heavy (non-hydrogen) atoms. The van der Waals surface area contributed by atoms with Gasteiger partial charge in [0.05, 0.1) is 17.2 Å². The number of carbonyl (C=O) groups is 1. The molecule has 6 nitrogen and oxygen atoms in total. The van der Waals surface area contributed by atoms with Crippen molar-refractivity contribution in [3.05, 3.63) is 48.3 Å². The van der Waals surface area contributed by atoms with Crippen LogP contribution in [-0.4, -0.2) is 20.9 Å². The van der Waals surface area contributed by atoms with Gasteiger partial charge in [-0.3, -0.25) is 9.52 Å². The summed E-state index contributed by atoms with van der Waals surface area (Å²) in [6, 6.07) is 9.13. The number of hydrogen-bond acceptors (Lipinski definition) is 4. The number of rotatable bonds is 7. The SMILES string of the molecule is CCOc1ccc(S(=O)(=O)Nc2ccc(F)cc2)cc1NC(=O)CC. The molecular formula is C17H19FN2O4S. The van der Waals surface area contributed by atoms with E-state index >= 15 is 0 Å². The molecule has 8 heteroatoms.